The third-order valence-corrected chi connectivity index (χ3v) is 8.15. The van der Waals surface area contributed by atoms with E-state index in [0.717, 1.165) is 61.1 Å². The number of aromatic nitrogens is 5. The Bertz CT molecular complexity index is 1130. The van der Waals surface area contributed by atoms with E-state index in [4.69, 9.17) is 4.74 Å². The van der Waals surface area contributed by atoms with Crippen LogP contribution in [0.3, 0.4) is 0 Å². The Labute approximate surface area is 214 Å². The minimum Gasteiger partial charge on any atom is -0.361 e. The van der Waals surface area contributed by atoms with Crippen LogP contribution in [0.2, 0.25) is 25.7 Å². The zero-order chi connectivity index (χ0) is 24.1. The Morgan fingerprint density at radius 1 is 1.31 bits per heavy atom. The van der Waals surface area contributed by atoms with E-state index in [1.807, 2.05) is 33.9 Å². The van der Waals surface area contributed by atoms with Crippen molar-refractivity contribution in [3.8, 4) is 17.3 Å². The van der Waals surface area contributed by atoms with Crippen LogP contribution in [0, 0.1) is 11.3 Å². The van der Waals surface area contributed by atoms with E-state index in [1.54, 1.807) is 6.33 Å². The van der Waals surface area contributed by atoms with Crippen molar-refractivity contribution in [3.05, 3.63) is 31.0 Å². The zero-order valence-electron chi connectivity index (χ0n) is 21.1. The SMILES string of the molecule is C[C@@H]1CNCCN1CC(CC#N)n1cc(-c2ncnc3c2ccn3COCC[Si](C)(C)C)cn1.Cl. The van der Waals surface area contributed by atoms with Crippen LogP contribution < -0.4 is 5.32 Å². The Morgan fingerprint density at radius 3 is 2.89 bits per heavy atom. The van der Waals surface area contributed by atoms with Crippen molar-refractivity contribution in [2.75, 3.05) is 32.8 Å². The van der Waals surface area contributed by atoms with Gasteiger partial charge in [0.15, 0.2) is 0 Å². The number of halogens is 1. The summed E-state index contributed by atoms with van der Waals surface area (Å²) in [4.78, 5) is 11.5. The van der Waals surface area contributed by atoms with Gasteiger partial charge in [0.2, 0.25) is 0 Å². The highest BCUT2D eigenvalue weighted by Crippen LogP contribution is 2.27. The van der Waals surface area contributed by atoms with E-state index in [9.17, 15) is 5.26 Å². The molecule has 0 aliphatic carbocycles. The second kappa shape index (κ2) is 12.1. The van der Waals surface area contributed by atoms with Crippen LogP contribution in [0.1, 0.15) is 19.4 Å². The molecule has 4 rings (SSSR count). The molecule has 9 nitrogen and oxygen atoms in total. The number of piperazine rings is 1. The summed E-state index contributed by atoms with van der Waals surface area (Å²) >= 11 is 0. The number of nitrogens with zero attached hydrogens (tertiary/aromatic N) is 7. The molecule has 2 atom stereocenters. The molecule has 3 aromatic heterocycles. The number of hydrogen-bond acceptors (Lipinski definition) is 7. The largest absolute Gasteiger partial charge is 0.361 e. The number of hydrogen-bond donors (Lipinski definition) is 1. The summed E-state index contributed by atoms with van der Waals surface area (Å²) in [5.41, 5.74) is 2.64. The number of ether oxygens (including phenoxy) is 1. The van der Waals surface area contributed by atoms with Crippen LogP contribution in [0.4, 0.5) is 0 Å². The standard InChI is InChI=1S/C24H36N8OSi.ClH/c1-19-13-26-8-10-30(19)16-21(5-7-25)32-15-20(14-29-32)23-22-6-9-31(24(22)28-17-27-23)18-33-11-12-34(2,3)4;/h6,9,14-15,17,19,21,26H,5,8,10-13,16,18H2,1-4H3;1H/t19-,21?;/m1./s1. The van der Waals surface area contributed by atoms with Crippen molar-refractivity contribution in [2.24, 2.45) is 0 Å². The summed E-state index contributed by atoms with van der Waals surface area (Å²) in [6, 6.07) is 5.97. The minimum atomic E-state index is -1.11. The van der Waals surface area contributed by atoms with Gasteiger partial charge in [0, 0.05) is 70.2 Å². The van der Waals surface area contributed by atoms with E-state index in [2.05, 4.69) is 57.9 Å². The first-order chi connectivity index (χ1) is 16.4. The van der Waals surface area contributed by atoms with Crippen molar-refractivity contribution in [3.63, 3.8) is 0 Å². The zero-order valence-corrected chi connectivity index (χ0v) is 23.0. The molecule has 0 spiro atoms. The summed E-state index contributed by atoms with van der Waals surface area (Å²) in [6.45, 7) is 14.3. The number of fused-ring (bicyclic) bond motifs is 1. The van der Waals surface area contributed by atoms with Gasteiger partial charge in [-0.15, -0.1) is 12.4 Å². The van der Waals surface area contributed by atoms with Gasteiger partial charge >= 0.3 is 0 Å². The highest BCUT2D eigenvalue weighted by atomic mass is 35.5. The quantitative estimate of drug-likeness (QED) is 0.323. The Balaban J connectivity index is 0.00000342. The molecule has 4 heterocycles. The summed E-state index contributed by atoms with van der Waals surface area (Å²) in [5, 5.41) is 18.5. The topological polar surface area (TPSA) is 96.8 Å². The molecule has 1 aliphatic heterocycles. The van der Waals surface area contributed by atoms with Gasteiger partial charge in [-0.05, 0) is 19.0 Å². The normalized spacial score (nSPS) is 17.7. The third kappa shape index (κ3) is 6.89. The molecule has 190 valence electrons. The van der Waals surface area contributed by atoms with Crippen molar-refractivity contribution in [1.82, 2.24) is 34.5 Å². The summed E-state index contributed by atoms with van der Waals surface area (Å²) in [7, 11) is -1.11. The Morgan fingerprint density at radius 2 is 2.14 bits per heavy atom. The van der Waals surface area contributed by atoms with Crippen LogP contribution in [0.25, 0.3) is 22.3 Å². The number of rotatable bonds is 10. The molecule has 0 saturated carbocycles. The molecule has 0 bridgehead atoms. The fourth-order valence-corrected chi connectivity index (χ4v) is 5.07. The molecule has 0 aromatic carbocycles. The van der Waals surface area contributed by atoms with Crippen molar-refractivity contribution in [2.45, 2.75) is 57.8 Å². The van der Waals surface area contributed by atoms with Crippen molar-refractivity contribution < 1.29 is 4.74 Å². The maximum Gasteiger partial charge on any atom is 0.145 e. The van der Waals surface area contributed by atoms with Crippen LogP contribution >= 0.6 is 12.4 Å². The first kappa shape index (κ1) is 27.3. The second-order valence-corrected chi connectivity index (χ2v) is 16.0. The molecule has 0 radical (unpaired) electrons. The lowest BCUT2D eigenvalue weighted by Gasteiger charge is -2.35. The molecule has 0 amide bonds. The predicted molar refractivity (Wildman–Crippen MR) is 143 cm³/mol. The summed E-state index contributed by atoms with van der Waals surface area (Å²) < 4.78 is 9.89. The lowest BCUT2D eigenvalue weighted by molar-refractivity contribution is 0.0899. The lowest BCUT2D eigenvalue weighted by atomic mass is 10.1. The van der Waals surface area contributed by atoms with Crippen LogP contribution in [-0.4, -0.2) is 76.1 Å². The van der Waals surface area contributed by atoms with E-state index in [-0.39, 0.29) is 18.4 Å². The first-order valence-corrected chi connectivity index (χ1v) is 15.8. The Hall–Kier alpha value is -2.29. The van der Waals surface area contributed by atoms with Gasteiger partial charge in [-0.25, -0.2) is 9.97 Å². The highest BCUT2D eigenvalue weighted by molar-refractivity contribution is 6.76. The average molecular weight is 517 g/mol. The molecule has 11 heteroatoms. The van der Waals surface area contributed by atoms with Gasteiger partial charge in [0.1, 0.15) is 18.7 Å². The van der Waals surface area contributed by atoms with E-state index >= 15 is 0 Å². The van der Waals surface area contributed by atoms with Crippen molar-refractivity contribution in [1.29, 1.82) is 5.26 Å². The van der Waals surface area contributed by atoms with Gasteiger partial charge < -0.3 is 14.6 Å². The second-order valence-electron chi connectivity index (χ2n) is 10.4. The van der Waals surface area contributed by atoms with E-state index in [0.29, 0.717) is 19.2 Å². The highest BCUT2D eigenvalue weighted by Gasteiger charge is 2.23. The minimum absolute atomic E-state index is 0. The molecule has 1 fully saturated rings. The Kier molecular flexibility index (Phi) is 9.44. The lowest BCUT2D eigenvalue weighted by Crippen LogP contribution is -2.51. The van der Waals surface area contributed by atoms with Gasteiger partial charge in [0.05, 0.1) is 30.4 Å². The van der Waals surface area contributed by atoms with Crippen LogP contribution in [0.15, 0.2) is 31.0 Å². The fraction of sp³-hybridized carbons (Fsp3) is 0.583. The van der Waals surface area contributed by atoms with Crippen LogP contribution in [0.5, 0.6) is 0 Å². The maximum atomic E-state index is 9.44. The molecular formula is C24H37ClN8OSi. The summed E-state index contributed by atoms with van der Waals surface area (Å²) in [6.07, 6.45) is 7.88. The first-order valence-electron chi connectivity index (χ1n) is 12.1. The van der Waals surface area contributed by atoms with Crippen LogP contribution in [-0.2, 0) is 11.5 Å². The molecule has 35 heavy (non-hydrogen) atoms. The predicted octanol–water partition coefficient (Wildman–Crippen LogP) is 3.78. The van der Waals surface area contributed by atoms with Gasteiger partial charge in [-0.3, -0.25) is 9.58 Å². The fourth-order valence-electron chi connectivity index (χ4n) is 4.31. The molecule has 3 aromatic rings. The molecular weight excluding hydrogens is 480 g/mol. The van der Waals surface area contributed by atoms with E-state index < -0.39 is 8.07 Å². The van der Waals surface area contributed by atoms with Gasteiger partial charge in [0.25, 0.3) is 0 Å². The average Bonchev–Trinajstić information content (AvgIpc) is 3.45. The molecule has 1 unspecified atom stereocenters. The van der Waals surface area contributed by atoms with Crippen molar-refractivity contribution >= 4 is 31.5 Å². The number of nitrogens with one attached hydrogen (secondary N) is 1. The molecule has 1 aliphatic rings. The number of nitriles is 1. The smallest absolute Gasteiger partial charge is 0.145 e. The monoisotopic (exact) mass is 516 g/mol. The molecule has 1 saturated heterocycles. The summed E-state index contributed by atoms with van der Waals surface area (Å²) in [5.74, 6) is 0. The maximum absolute atomic E-state index is 9.44. The molecule has 1 N–H and O–H groups in total. The van der Waals surface area contributed by atoms with E-state index in [1.165, 1.54) is 0 Å². The van der Waals surface area contributed by atoms with Gasteiger partial charge in [-0.2, -0.15) is 10.4 Å². The van der Waals surface area contributed by atoms with Gasteiger partial charge in [-0.1, -0.05) is 19.6 Å². The third-order valence-electron chi connectivity index (χ3n) is 6.44.